The Balaban J connectivity index is 1.63. The second-order valence-corrected chi connectivity index (χ2v) is 6.93. The predicted octanol–water partition coefficient (Wildman–Crippen LogP) is 3.01. The fourth-order valence-electron chi connectivity index (χ4n) is 3.42. The second kappa shape index (κ2) is 7.19. The number of nitrogens with two attached hydrogens (primary N) is 1. The molecule has 0 fully saturated rings. The Bertz CT molecular complexity index is 1020. The number of rotatable bonds is 5. The lowest BCUT2D eigenvalue weighted by molar-refractivity contribution is -0.119. The lowest BCUT2D eigenvalue weighted by Crippen LogP contribution is -2.26. The zero-order valence-corrected chi connectivity index (χ0v) is 15.8. The number of carbonyl (C=O) groups excluding carboxylic acids is 1. The molecule has 0 radical (unpaired) electrons. The highest BCUT2D eigenvalue weighted by Crippen LogP contribution is 2.40. The molecule has 0 saturated carbocycles. The summed E-state index contributed by atoms with van der Waals surface area (Å²) in [5.74, 6) is 0.535. The summed E-state index contributed by atoms with van der Waals surface area (Å²) in [5.41, 5.74) is 9.48. The lowest BCUT2D eigenvalue weighted by atomic mass is 10.0. The molecule has 1 atom stereocenters. The van der Waals surface area contributed by atoms with Crippen LogP contribution in [0.4, 0.5) is 28.8 Å². The molecule has 7 heteroatoms. The van der Waals surface area contributed by atoms with Crippen LogP contribution in [0.2, 0.25) is 0 Å². The van der Waals surface area contributed by atoms with Gasteiger partial charge in [0.25, 0.3) is 0 Å². The third kappa shape index (κ3) is 3.34. The summed E-state index contributed by atoms with van der Waals surface area (Å²) in [6.07, 6.45) is 1.71. The molecular weight excluding hydrogens is 352 g/mol. The Hall–Kier alpha value is -3.61. The third-order valence-electron chi connectivity index (χ3n) is 4.85. The summed E-state index contributed by atoms with van der Waals surface area (Å²) in [6.45, 7) is 0.473. The number of carbonyl (C=O) groups is 1. The van der Waals surface area contributed by atoms with Crippen LogP contribution in [-0.2, 0) is 4.79 Å². The molecule has 3 N–H and O–H groups in total. The van der Waals surface area contributed by atoms with E-state index in [2.05, 4.69) is 15.3 Å². The Morgan fingerprint density at radius 1 is 1.18 bits per heavy atom. The number of hydrogen-bond donors (Lipinski definition) is 2. The van der Waals surface area contributed by atoms with E-state index in [-0.39, 0.29) is 11.8 Å². The molecule has 2 aromatic carbocycles. The van der Waals surface area contributed by atoms with Gasteiger partial charge in [0.2, 0.25) is 11.9 Å². The van der Waals surface area contributed by atoms with Crippen molar-refractivity contribution < 1.29 is 4.79 Å². The van der Waals surface area contributed by atoms with Crippen molar-refractivity contribution in [1.29, 1.82) is 0 Å². The van der Waals surface area contributed by atoms with Gasteiger partial charge in [-0.25, -0.2) is 4.98 Å². The molecular formula is C21H22N6O. The maximum atomic E-state index is 11.9. The van der Waals surface area contributed by atoms with Gasteiger partial charge < -0.3 is 20.9 Å². The molecule has 0 aliphatic carbocycles. The Kier molecular flexibility index (Phi) is 4.57. The number of para-hydroxylation sites is 1. The smallest absolute Gasteiger partial charge is 0.229 e. The minimum atomic E-state index is -0.348. The van der Waals surface area contributed by atoms with Crippen molar-refractivity contribution in [2.45, 2.75) is 5.92 Å². The van der Waals surface area contributed by atoms with Crippen molar-refractivity contribution in [3.05, 3.63) is 66.4 Å². The van der Waals surface area contributed by atoms with Gasteiger partial charge in [-0.05, 0) is 35.9 Å². The molecule has 0 saturated heterocycles. The van der Waals surface area contributed by atoms with Gasteiger partial charge in [-0.15, -0.1) is 0 Å². The number of aromatic nitrogens is 2. The van der Waals surface area contributed by atoms with Crippen LogP contribution in [0.5, 0.6) is 0 Å². The van der Waals surface area contributed by atoms with Crippen LogP contribution in [0, 0.1) is 0 Å². The van der Waals surface area contributed by atoms with Gasteiger partial charge in [0.05, 0.1) is 5.92 Å². The minimum Gasteiger partial charge on any atom is -0.378 e. The van der Waals surface area contributed by atoms with Crippen molar-refractivity contribution in [3.8, 4) is 0 Å². The van der Waals surface area contributed by atoms with Crippen LogP contribution in [-0.4, -0.2) is 36.5 Å². The zero-order chi connectivity index (χ0) is 19.7. The van der Waals surface area contributed by atoms with Crippen LogP contribution in [0.25, 0.3) is 0 Å². The fraction of sp³-hybridized carbons (Fsp3) is 0.190. The molecule has 1 amide bonds. The average molecular weight is 374 g/mol. The summed E-state index contributed by atoms with van der Waals surface area (Å²) in [7, 11) is 3.99. The second-order valence-electron chi connectivity index (χ2n) is 6.93. The molecule has 1 aliphatic rings. The monoisotopic (exact) mass is 374 g/mol. The number of anilines is 5. The number of amides is 1. The Labute approximate surface area is 163 Å². The lowest BCUT2D eigenvalue weighted by Gasteiger charge is -2.19. The molecule has 0 spiro atoms. The van der Waals surface area contributed by atoms with Crippen LogP contribution in [0.15, 0.2) is 60.8 Å². The van der Waals surface area contributed by atoms with E-state index in [0.29, 0.717) is 12.5 Å². The number of benzene rings is 2. The number of primary amides is 1. The van der Waals surface area contributed by atoms with Gasteiger partial charge in [0, 0.05) is 43.9 Å². The molecule has 142 valence electrons. The van der Waals surface area contributed by atoms with Crippen molar-refractivity contribution >= 4 is 34.7 Å². The normalized spacial score (nSPS) is 15.2. The Morgan fingerprint density at radius 3 is 2.79 bits per heavy atom. The van der Waals surface area contributed by atoms with E-state index >= 15 is 0 Å². The average Bonchev–Trinajstić information content (AvgIpc) is 3.08. The molecule has 1 unspecified atom stereocenters. The molecule has 2 heterocycles. The third-order valence-corrected chi connectivity index (χ3v) is 4.85. The summed E-state index contributed by atoms with van der Waals surface area (Å²) in [6, 6.07) is 17.6. The van der Waals surface area contributed by atoms with Crippen molar-refractivity contribution in [1.82, 2.24) is 9.97 Å². The number of hydrogen-bond acceptors (Lipinski definition) is 6. The van der Waals surface area contributed by atoms with E-state index in [1.165, 1.54) is 0 Å². The highest BCUT2D eigenvalue weighted by atomic mass is 16.1. The molecule has 7 nitrogen and oxygen atoms in total. The van der Waals surface area contributed by atoms with Crippen LogP contribution >= 0.6 is 0 Å². The number of fused-ring (bicyclic) bond motifs is 1. The molecule has 0 bridgehead atoms. The van der Waals surface area contributed by atoms with E-state index in [1.54, 1.807) is 6.20 Å². The standard InChI is InChI=1S/C21H22N6O/c1-26(2)15-7-5-6-14(12-15)24-21-23-11-10-19(25-21)27-13-17(20(22)28)16-8-3-4-9-18(16)27/h3-12,17H,13H2,1-2H3,(H2,22,28)(H,23,24,25). The summed E-state index contributed by atoms with van der Waals surface area (Å²) in [4.78, 5) is 24.9. The maximum absolute atomic E-state index is 11.9. The molecule has 1 aliphatic heterocycles. The largest absolute Gasteiger partial charge is 0.378 e. The number of nitrogens with zero attached hydrogens (tertiary/aromatic N) is 4. The number of nitrogens with one attached hydrogen (secondary N) is 1. The van der Waals surface area contributed by atoms with E-state index in [0.717, 1.165) is 28.4 Å². The van der Waals surface area contributed by atoms with Crippen molar-refractivity contribution in [2.75, 3.05) is 35.8 Å². The topological polar surface area (TPSA) is 87.4 Å². The van der Waals surface area contributed by atoms with Gasteiger partial charge in [-0.1, -0.05) is 24.3 Å². The first-order valence-corrected chi connectivity index (χ1v) is 9.06. The van der Waals surface area contributed by atoms with Crippen LogP contribution in [0.3, 0.4) is 0 Å². The van der Waals surface area contributed by atoms with Gasteiger partial charge in [-0.3, -0.25) is 4.79 Å². The first-order valence-electron chi connectivity index (χ1n) is 9.06. The quantitative estimate of drug-likeness (QED) is 0.714. The van der Waals surface area contributed by atoms with E-state index < -0.39 is 0 Å². The highest BCUT2D eigenvalue weighted by Gasteiger charge is 2.33. The van der Waals surface area contributed by atoms with Gasteiger partial charge >= 0.3 is 0 Å². The van der Waals surface area contributed by atoms with E-state index in [1.807, 2.05) is 78.5 Å². The minimum absolute atomic E-state index is 0.331. The highest BCUT2D eigenvalue weighted by molar-refractivity contribution is 5.88. The van der Waals surface area contributed by atoms with Gasteiger partial charge in [-0.2, -0.15) is 4.98 Å². The van der Waals surface area contributed by atoms with Gasteiger partial charge in [0.15, 0.2) is 0 Å². The van der Waals surface area contributed by atoms with Crippen LogP contribution in [0.1, 0.15) is 11.5 Å². The molecule has 1 aromatic heterocycles. The molecule has 3 aromatic rings. The van der Waals surface area contributed by atoms with E-state index in [4.69, 9.17) is 5.73 Å². The van der Waals surface area contributed by atoms with Gasteiger partial charge in [0.1, 0.15) is 5.82 Å². The summed E-state index contributed by atoms with van der Waals surface area (Å²) < 4.78 is 0. The SMILES string of the molecule is CN(C)c1cccc(Nc2nccc(N3CC(C(N)=O)c4ccccc43)n2)c1. The van der Waals surface area contributed by atoms with Crippen LogP contribution < -0.4 is 20.9 Å². The zero-order valence-electron chi connectivity index (χ0n) is 15.8. The molecule has 28 heavy (non-hydrogen) atoms. The van der Waals surface area contributed by atoms with Crippen molar-refractivity contribution in [3.63, 3.8) is 0 Å². The first kappa shape index (κ1) is 17.8. The van der Waals surface area contributed by atoms with Crippen molar-refractivity contribution in [2.24, 2.45) is 5.73 Å². The Morgan fingerprint density at radius 2 is 2.00 bits per heavy atom. The molecule has 4 rings (SSSR count). The summed E-state index contributed by atoms with van der Waals surface area (Å²) >= 11 is 0. The maximum Gasteiger partial charge on any atom is 0.229 e. The fourth-order valence-corrected chi connectivity index (χ4v) is 3.42. The first-order chi connectivity index (χ1) is 13.5. The summed E-state index contributed by atoms with van der Waals surface area (Å²) in [5, 5.41) is 3.25. The van der Waals surface area contributed by atoms with E-state index in [9.17, 15) is 4.79 Å². The predicted molar refractivity (Wildman–Crippen MR) is 111 cm³/mol.